The van der Waals surface area contributed by atoms with E-state index in [4.69, 9.17) is 14.2 Å². The van der Waals surface area contributed by atoms with Crippen LogP contribution in [0.3, 0.4) is 0 Å². The van der Waals surface area contributed by atoms with Gasteiger partial charge in [-0.05, 0) is 90.4 Å². The van der Waals surface area contributed by atoms with Crippen LogP contribution >= 0.6 is 0 Å². The molecule has 0 bridgehead atoms. The van der Waals surface area contributed by atoms with Crippen molar-refractivity contribution in [1.29, 1.82) is 0 Å². The molecule has 0 amide bonds. The molecule has 2 aliphatic rings. The second kappa shape index (κ2) is 14.6. The van der Waals surface area contributed by atoms with Crippen LogP contribution in [0, 0.1) is 23.7 Å². The summed E-state index contributed by atoms with van der Waals surface area (Å²) in [6.45, 7) is 16.5. The predicted octanol–water partition coefficient (Wildman–Crippen LogP) is 5.53. The SMILES string of the molecule is C=C(C(=O)OCC(COC(=O)C(=C)C(C)(C)O)C1CCC(C2CCC(CCCCC)CO2)CC1)C(C)(C)O. The molecule has 218 valence electrons. The number of rotatable bonds is 14. The highest BCUT2D eigenvalue weighted by Gasteiger charge is 2.36. The zero-order valence-corrected chi connectivity index (χ0v) is 24.4. The van der Waals surface area contributed by atoms with E-state index in [9.17, 15) is 19.8 Å². The van der Waals surface area contributed by atoms with Crippen molar-refractivity contribution in [3.05, 3.63) is 24.3 Å². The van der Waals surface area contributed by atoms with Gasteiger partial charge < -0.3 is 24.4 Å². The Hall–Kier alpha value is -1.70. The van der Waals surface area contributed by atoms with E-state index in [1.807, 2.05) is 0 Å². The highest BCUT2D eigenvalue weighted by molar-refractivity contribution is 5.90. The van der Waals surface area contributed by atoms with Crippen LogP contribution in [0.4, 0.5) is 0 Å². The van der Waals surface area contributed by atoms with Crippen LogP contribution in [0.15, 0.2) is 24.3 Å². The molecule has 38 heavy (non-hydrogen) atoms. The van der Waals surface area contributed by atoms with E-state index in [1.54, 1.807) is 0 Å². The third-order valence-electron chi connectivity index (χ3n) is 8.46. The number of unbranched alkanes of at least 4 members (excludes halogenated alkanes) is 2. The Balaban J connectivity index is 1.93. The van der Waals surface area contributed by atoms with Crippen LogP contribution in [0.5, 0.6) is 0 Å². The van der Waals surface area contributed by atoms with Gasteiger partial charge in [0.25, 0.3) is 0 Å². The molecule has 0 radical (unpaired) electrons. The fourth-order valence-corrected chi connectivity index (χ4v) is 5.46. The minimum Gasteiger partial charge on any atom is -0.462 e. The lowest BCUT2D eigenvalue weighted by Gasteiger charge is -2.39. The molecule has 2 rings (SSSR count). The van der Waals surface area contributed by atoms with E-state index in [-0.39, 0.29) is 36.2 Å². The summed E-state index contributed by atoms with van der Waals surface area (Å²) in [5.74, 6) is -0.0925. The third-order valence-corrected chi connectivity index (χ3v) is 8.46. The van der Waals surface area contributed by atoms with Crippen LogP contribution in [-0.4, -0.2) is 59.3 Å². The molecular weight excluding hydrogens is 484 g/mol. The molecule has 2 atom stereocenters. The molecule has 1 heterocycles. The molecular formula is C31H52O7. The lowest BCUT2D eigenvalue weighted by atomic mass is 9.73. The Morgan fingerprint density at radius 2 is 1.39 bits per heavy atom. The molecule has 0 aromatic carbocycles. The zero-order valence-electron chi connectivity index (χ0n) is 24.4. The first-order valence-corrected chi connectivity index (χ1v) is 14.5. The van der Waals surface area contributed by atoms with Gasteiger partial charge in [0, 0.05) is 12.5 Å². The van der Waals surface area contributed by atoms with Crippen molar-refractivity contribution in [2.24, 2.45) is 23.7 Å². The van der Waals surface area contributed by atoms with Crippen LogP contribution in [0.1, 0.15) is 98.8 Å². The smallest absolute Gasteiger partial charge is 0.336 e. The topological polar surface area (TPSA) is 102 Å². The normalized spacial score (nSPS) is 24.6. The number of aliphatic hydroxyl groups is 2. The summed E-state index contributed by atoms with van der Waals surface area (Å²) in [6.07, 6.45) is 11.7. The van der Waals surface area contributed by atoms with Crippen LogP contribution in [-0.2, 0) is 23.8 Å². The Kier molecular flexibility index (Phi) is 12.5. The summed E-state index contributed by atoms with van der Waals surface area (Å²) in [5, 5.41) is 20.2. The van der Waals surface area contributed by atoms with Gasteiger partial charge in [-0.1, -0.05) is 39.3 Å². The molecule has 1 saturated heterocycles. The maximum Gasteiger partial charge on any atom is 0.336 e. The molecule has 0 spiro atoms. The van der Waals surface area contributed by atoms with Gasteiger partial charge in [0.05, 0.1) is 41.7 Å². The standard InChI is InChI=1S/C31H52O7/c1-8-9-10-11-23-12-17-27(36-18-23)25-15-13-24(14-16-25)26(19-37-28(32)21(2)30(4,5)34)20-38-29(33)22(3)31(6,7)35/h23-27,34-35H,2-3,8-20H2,1,4-7H3. The van der Waals surface area contributed by atoms with Crippen molar-refractivity contribution in [2.45, 2.75) is 116 Å². The first kappa shape index (κ1) is 32.5. The Bertz CT molecular complexity index is 746. The van der Waals surface area contributed by atoms with E-state index >= 15 is 0 Å². The number of hydrogen-bond acceptors (Lipinski definition) is 7. The highest BCUT2D eigenvalue weighted by atomic mass is 16.5. The fourth-order valence-electron chi connectivity index (χ4n) is 5.46. The van der Waals surface area contributed by atoms with Crippen LogP contribution in [0.25, 0.3) is 0 Å². The molecule has 0 aromatic rings. The summed E-state index contributed by atoms with van der Waals surface area (Å²) in [4.78, 5) is 24.9. The van der Waals surface area contributed by atoms with Gasteiger partial charge in [-0.2, -0.15) is 0 Å². The summed E-state index contributed by atoms with van der Waals surface area (Å²) in [5.41, 5.74) is -2.79. The van der Waals surface area contributed by atoms with Gasteiger partial charge in [-0.3, -0.25) is 0 Å². The van der Waals surface area contributed by atoms with Crippen molar-refractivity contribution in [3.63, 3.8) is 0 Å². The molecule has 0 aromatic heterocycles. The van der Waals surface area contributed by atoms with Crippen molar-refractivity contribution in [3.8, 4) is 0 Å². The van der Waals surface area contributed by atoms with E-state index < -0.39 is 23.1 Å². The fraction of sp³-hybridized carbons (Fsp3) is 0.806. The highest BCUT2D eigenvalue weighted by Crippen LogP contribution is 2.39. The van der Waals surface area contributed by atoms with Gasteiger partial charge in [0.15, 0.2) is 0 Å². The Labute approximate surface area is 230 Å². The number of hydrogen-bond donors (Lipinski definition) is 2. The van der Waals surface area contributed by atoms with E-state index in [2.05, 4.69) is 20.1 Å². The summed E-state index contributed by atoms with van der Waals surface area (Å²) in [6, 6.07) is 0. The lowest BCUT2D eigenvalue weighted by Crippen LogP contribution is -2.37. The second-order valence-electron chi connectivity index (χ2n) is 12.5. The molecule has 1 saturated carbocycles. The lowest BCUT2D eigenvalue weighted by molar-refractivity contribution is -0.148. The Morgan fingerprint density at radius 1 is 0.868 bits per heavy atom. The number of esters is 2. The average molecular weight is 537 g/mol. The minimum absolute atomic E-state index is 0.0187. The van der Waals surface area contributed by atoms with Crippen molar-refractivity contribution in [2.75, 3.05) is 19.8 Å². The number of ether oxygens (including phenoxy) is 3. The Morgan fingerprint density at radius 3 is 1.82 bits per heavy atom. The molecule has 1 aliphatic heterocycles. The molecule has 2 fully saturated rings. The minimum atomic E-state index is -1.38. The van der Waals surface area contributed by atoms with Gasteiger partial charge >= 0.3 is 11.9 Å². The number of carbonyl (C=O) groups is 2. The van der Waals surface area contributed by atoms with Gasteiger partial charge in [-0.15, -0.1) is 0 Å². The molecule has 7 heteroatoms. The summed E-state index contributed by atoms with van der Waals surface area (Å²) < 4.78 is 17.4. The van der Waals surface area contributed by atoms with E-state index in [0.717, 1.165) is 38.7 Å². The largest absolute Gasteiger partial charge is 0.462 e. The first-order chi connectivity index (χ1) is 17.7. The number of carbonyl (C=O) groups excluding carboxylic acids is 2. The average Bonchev–Trinajstić information content (AvgIpc) is 2.87. The maximum absolute atomic E-state index is 12.5. The van der Waals surface area contributed by atoms with Crippen molar-refractivity contribution >= 4 is 11.9 Å². The van der Waals surface area contributed by atoms with Crippen LogP contribution in [0.2, 0.25) is 0 Å². The monoisotopic (exact) mass is 536 g/mol. The van der Waals surface area contributed by atoms with Crippen molar-refractivity contribution < 1.29 is 34.0 Å². The van der Waals surface area contributed by atoms with Crippen LogP contribution < -0.4 is 0 Å². The van der Waals surface area contributed by atoms with Crippen molar-refractivity contribution in [1.82, 2.24) is 0 Å². The molecule has 1 aliphatic carbocycles. The van der Waals surface area contributed by atoms with Gasteiger partial charge in [0.2, 0.25) is 0 Å². The predicted molar refractivity (Wildman–Crippen MR) is 148 cm³/mol. The third kappa shape index (κ3) is 10.1. The quantitative estimate of drug-likeness (QED) is 0.171. The van der Waals surface area contributed by atoms with E-state index in [1.165, 1.54) is 59.8 Å². The molecule has 2 N–H and O–H groups in total. The molecule has 2 unspecified atom stereocenters. The van der Waals surface area contributed by atoms with Gasteiger partial charge in [-0.25, -0.2) is 9.59 Å². The summed E-state index contributed by atoms with van der Waals surface area (Å²) >= 11 is 0. The summed E-state index contributed by atoms with van der Waals surface area (Å²) in [7, 11) is 0. The maximum atomic E-state index is 12.5. The van der Waals surface area contributed by atoms with Gasteiger partial charge in [0.1, 0.15) is 0 Å². The zero-order chi connectivity index (χ0) is 28.5. The first-order valence-electron chi connectivity index (χ1n) is 14.5. The van der Waals surface area contributed by atoms with E-state index in [0.29, 0.717) is 17.9 Å². The molecule has 7 nitrogen and oxygen atoms in total. The second-order valence-corrected chi connectivity index (χ2v) is 12.5.